The van der Waals surface area contributed by atoms with Crippen molar-refractivity contribution >= 4 is 34.6 Å². The maximum absolute atomic E-state index is 14.0. The lowest BCUT2D eigenvalue weighted by molar-refractivity contribution is -0.113. The van der Waals surface area contributed by atoms with E-state index in [0.29, 0.717) is 47.5 Å². The molecule has 2 aliphatic heterocycles. The molecule has 28 heavy (non-hydrogen) atoms. The fourth-order valence-electron chi connectivity index (χ4n) is 3.16. The van der Waals surface area contributed by atoms with Crippen molar-refractivity contribution in [2.75, 3.05) is 31.1 Å². The predicted molar refractivity (Wildman–Crippen MR) is 108 cm³/mol. The van der Waals surface area contributed by atoms with Crippen LogP contribution in [0.15, 0.2) is 52.4 Å². The fraction of sp³-hybridized carbons (Fsp3) is 0.200. The summed E-state index contributed by atoms with van der Waals surface area (Å²) in [6.45, 7) is 2.56. The molecule has 6 nitrogen and oxygen atoms in total. The number of thioether (sulfide) groups is 1. The number of halogens is 1. The van der Waals surface area contributed by atoms with Gasteiger partial charge in [0.25, 0.3) is 5.91 Å². The molecule has 0 aliphatic carbocycles. The quantitative estimate of drug-likeness (QED) is 0.597. The number of para-hydroxylation sites is 1. The van der Waals surface area contributed by atoms with Crippen LogP contribution in [0.25, 0.3) is 6.08 Å². The number of aliphatic imine (C=N–C) groups is 1. The largest absolute Gasteiger partial charge is 0.504 e. The Balaban J connectivity index is 1.42. The number of rotatable bonds is 2. The van der Waals surface area contributed by atoms with Gasteiger partial charge in [0.1, 0.15) is 5.82 Å². The van der Waals surface area contributed by atoms with Gasteiger partial charge in [0.2, 0.25) is 0 Å². The van der Waals surface area contributed by atoms with Crippen molar-refractivity contribution in [3.63, 3.8) is 0 Å². The van der Waals surface area contributed by atoms with Crippen LogP contribution in [-0.2, 0) is 4.79 Å². The van der Waals surface area contributed by atoms with Crippen molar-refractivity contribution < 1.29 is 19.4 Å². The van der Waals surface area contributed by atoms with Gasteiger partial charge in [-0.25, -0.2) is 4.39 Å². The maximum atomic E-state index is 14.0. The number of hydrogen-bond donors (Lipinski definition) is 2. The zero-order chi connectivity index (χ0) is 19.7. The number of amidine groups is 1. The average molecular weight is 399 g/mol. The van der Waals surface area contributed by atoms with Gasteiger partial charge in [-0.1, -0.05) is 18.2 Å². The summed E-state index contributed by atoms with van der Waals surface area (Å²) in [4.78, 5) is 20.8. The summed E-state index contributed by atoms with van der Waals surface area (Å²) in [6, 6.07) is 11.1. The number of phenolic OH excluding ortho intramolecular Hbond substituents is 2. The normalized spacial score (nSPS) is 18.7. The molecule has 2 heterocycles. The number of piperazine rings is 1. The number of phenols is 2. The zero-order valence-electron chi connectivity index (χ0n) is 14.9. The van der Waals surface area contributed by atoms with Crippen molar-refractivity contribution in [3.05, 3.63) is 58.8 Å². The van der Waals surface area contributed by atoms with Crippen LogP contribution in [0.3, 0.4) is 0 Å². The van der Waals surface area contributed by atoms with Crippen LogP contribution in [0.1, 0.15) is 5.56 Å². The molecule has 0 aromatic heterocycles. The van der Waals surface area contributed by atoms with Crippen molar-refractivity contribution in [1.29, 1.82) is 0 Å². The van der Waals surface area contributed by atoms with E-state index in [1.165, 1.54) is 30.0 Å². The second-order valence-corrected chi connectivity index (χ2v) is 7.49. The van der Waals surface area contributed by atoms with Crippen LogP contribution in [0.4, 0.5) is 10.1 Å². The number of benzene rings is 2. The van der Waals surface area contributed by atoms with Crippen LogP contribution in [-0.4, -0.2) is 52.4 Å². The van der Waals surface area contributed by atoms with Gasteiger partial charge < -0.3 is 20.0 Å². The van der Waals surface area contributed by atoms with Crippen molar-refractivity contribution in [3.8, 4) is 11.5 Å². The summed E-state index contributed by atoms with van der Waals surface area (Å²) in [6.07, 6.45) is 1.64. The molecular formula is C20H18FN3O3S. The molecule has 144 valence electrons. The van der Waals surface area contributed by atoms with E-state index >= 15 is 0 Å². The lowest BCUT2D eigenvalue weighted by Gasteiger charge is -2.36. The van der Waals surface area contributed by atoms with Gasteiger partial charge in [-0.2, -0.15) is 4.99 Å². The number of carbonyl (C=O) groups is 1. The number of aromatic hydroxyl groups is 2. The highest BCUT2D eigenvalue weighted by Crippen LogP contribution is 2.33. The third kappa shape index (κ3) is 3.68. The third-order valence-corrected chi connectivity index (χ3v) is 5.69. The molecule has 0 radical (unpaired) electrons. The second kappa shape index (κ2) is 7.55. The van der Waals surface area contributed by atoms with Crippen LogP contribution in [0, 0.1) is 5.82 Å². The Morgan fingerprint density at radius 1 is 1.00 bits per heavy atom. The number of anilines is 1. The lowest BCUT2D eigenvalue weighted by Crippen LogP contribution is -2.48. The molecule has 0 unspecified atom stereocenters. The first kappa shape index (κ1) is 18.4. The second-order valence-electron chi connectivity index (χ2n) is 6.48. The Kier molecular flexibility index (Phi) is 4.95. The topological polar surface area (TPSA) is 76.4 Å². The summed E-state index contributed by atoms with van der Waals surface area (Å²) >= 11 is 1.28. The Bertz CT molecular complexity index is 984. The Hall–Kier alpha value is -3.00. The molecule has 0 spiro atoms. The highest BCUT2D eigenvalue weighted by Gasteiger charge is 2.29. The first-order valence-corrected chi connectivity index (χ1v) is 9.62. The molecule has 0 saturated carbocycles. The number of carbonyl (C=O) groups excluding carboxylic acids is 1. The molecule has 2 aromatic carbocycles. The maximum Gasteiger partial charge on any atom is 0.286 e. The smallest absolute Gasteiger partial charge is 0.286 e. The predicted octanol–water partition coefficient (Wildman–Crippen LogP) is 3.03. The lowest BCUT2D eigenvalue weighted by atomic mass is 10.2. The first-order valence-electron chi connectivity index (χ1n) is 8.80. The van der Waals surface area contributed by atoms with Crippen LogP contribution < -0.4 is 4.90 Å². The summed E-state index contributed by atoms with van der Waals surface area (Å²) in [7, 11) is 0. The summed E-state index contributed by atoms with van der Waals surface area (Å²) in [5.74, 6) is -1.02. The molecule has 1 amide bonds. The average Bonchev–Trinajstić information content (AvgIpc) is 3.06. The monoisotopic (exact) mass is 399 g/mol. The van der Waals surface area contributed by atoms with E-state index in [4.69, 9.17) is 0 Å². The molecule has 2 aliphatic rings. The van der Waals surface area contributed by atoms with E-state index in [2.05, 4.69) is 4.99 Å². The van der Waals surface area contributed by atoms with E-state index in [1.54, 1.807) is 24.3 Å². The Morgan fingerprint density at radius 2 is 1.71 bits per heavy atom. The SMILES string of the molecule is O=C1N=C(N2CCN(c3ccccc3F)CC2)S/C1=C\c1ccc(O)c(O)c1. The number of amides is 1. The summed E-state index contributed by atoms with van der Waals surface area (Å²) < 4.78 is 14.0. The van der Waals surface area contributed by atoms with Gasteiger partial charge in [-0.05, 0) is 47.7 Å². The van der Waals surface area contributed by atoms with Gasteiger partial charge in [0.15, 0.2) is 16.7 Å². The van der Waals surface area contributed by atoms with Gasteiger partial charge in [0.05, 0.1) is 10.6 Å². The third-order valence-electron chi connectivity index (χ3n) is 4.65. The highest BCUT2D eigenvalue weighted by molar-refractivity contribution is 8.18. The first-order chi connectivity index (χ1) is 13.5. The zero-order valence-corrected chi connectivity index (χ0v) is 15.7. The highest BCUT2D eigenvalue weighted by atomic mass is 32.2. The van der Waals surface area contributed by atoms with Gasteiger partial charge in [-0.3, -0.25) is 4.79 Å². The van der Waals surface area contributed by atoms with Gasteiger partial charge in [0, 0.05) is 26.2 Å². The molecule has 0 atom stereocenters. The van der Waals surface area contributed by atoms with Crippen molar-refractivity contribution in [2.45, 2.75) is 0 Å². The standard InChI is InChI=1S/C20H18FN3O3S/c21-14-3-1-2-4-15(14)23-7-9-24(10-8-23)20-22-19(27)18(28-20)12-13-5-6-16(25)17(26)11-13/h1-6,11-12,25-26H,7-10H2/b18-12-. The van der Waals surface area contributed by atoms with E-state index in [-0.39, 0.29) is 23.2 Å². The molecule has 4 rings (SSSR count). The van der Waals surface area contributed by atoms with Crippen LogP contribution in [0.2, 0.25) is 0 Å². The van der Waals surface area contributed by atoms with E-state index in [0.717, 1.165) is 0 Å². The minimum atomic E-state index is -0.330. The molecule has 2 N–H and O–H groups in total. The molecule has 8 heteroatoms. The molecule has 1 fully saturated rings. The molecular weight excluding hydrogens is 381 g/mol. The summed E-state index contributed by atoms with van der Waals surface area (Å²) in [5, 5.41) is 19.6. The van der Waals surface area contributed by atoms with E-state index in [1.807, 2.05) is 15.9 Å². The summed E-state index contributed by atoms with van der Waals surface area (Å²) in [5.41, 5.74) is 1.19. The number of nitrogens with zero attached hydrogens (tertiary/aromatic N) is 3. The van der Waals surface area contributed by atoms with Gasteiger partial charge >= 0.3 is 0 Å². The minimum Gasteiger partial charge on any atom is -0.504 e. The minimum absolute atomic E-state index is 0.211. The molecule has 2 aromatic rings. The Labute approximate surface area is 165 Å². The van der Waals surface area contributed by atoms with Crippen LogP contribution in [0.5, 0.6) is 11.5 Å². The van der Waals surface area contributed by atoms with Crippen molar-refractivity contribution in [2.24, 2.45) is 4.99 Å². The van der Waals surface area contributed by atoms with E-state index in [9.17, 15) is 19.4 Å². The molecule has 0 bridgehead atoms. The number of hydrogen-bond acceptors (Lipinski definition) is 6. The molecule has 1 saturated heterocycles. The Morgan fingerprint density at radius 3 is 2.43 bits per heavy atom. The van der Waals surface area contributed by atoms with E-state index < -0.39 is 0 Å². The van der Waals surface area contributed by atoms with Crippen LogP contribution >= 0.6 is 11.8 Å². The van der Waals surface area contributed by atoms with Crippen molar-refractivity contribution in [1.82, 2.24) is 4.90 Å². The van der Waals surface area contributed by atoms with Gasteiger partial charge in [-0.15, -0.1) is 0 Å². The fourth-order valence-corrected chi connectivity index (χ4v) is 4.13.